The van der Waals surface area contributed by atoms with Crippen LogP contribution in [0.2, 0.25) is 0 Å². The van der Waals surface area contributed by atoms with Gasteiger partial charge in [0.1, 0.15) is 0 Å². The topological polar surface area (TPSA) is 21.3 Å². The van der Waals surface area contributed by atoms with Crippen molar-refractivity contribution in [2.45, 2.75) is 33.3 Å². The summed E-state index contributed by atoms with van der Waals surface area (Å²) >= 11 is 0. The quantitative estimate of drug-likeness (QED) is 0.634. The Labute approximate surface area is 64.0 Å². The first-order valence-electron chi connectivity index (χ1n) is 4.26. The van der Waals surface area contributed by atoms with E-state index in [2.05, 4.69) is 5.32 Å². The molecular formula is C8H19NO. The molecule has 1 heterocycles. The largest absolute Gasteiger partial charge is 0.377 e. The van der Waals surface area contributed by atoms with Crippen LogP contribution in [0.25, 0.3) is 0 Å². The lowest BCUT2D eigenvalue weighted by molar-refractivity contribution is 0.0775. The minimum atomic E-state index is 0.500. The van der Waals surface area contributed by atoms with Gasteiger partial charge in [-0.25, -0.2) is 0 Å². The molecule has 2 heteroatoms. The Hall–Kier alpha value is -0.0800. The molecule has 1 N–H and O–H groups in total. The van der Waals surface area contributed by atoms with Gasteiger partial charge in [0.25, 0.3) is 0 Å². The van der Waals surface area contributed by atoms with Gasteiger partial charge in [0, 0.05) is 13.2 Å². The monoisotopic (exact) mass is 145 g/mol. The third kappa shape index (κ3) is 3.85. The van der Waals surface area contributed by atoms with Crippen molar-refractivity contribution < 1.29 is 4.74 Å². The van der Waals surface area contributed by atoms with E-state index in [-0.39, 0.29) is 0 Å². The van der Waals surface area contributed by atoms with Crippen LogP contribution < -0.4 is 5.32 Å². The van der Waals surface area contributed by atoms with Crippen molar-refractivity contribution in [2.24, 2.45) is 0 Å². The summed E-state index contributed by atoms with van der Waals surface area (Å²) in [7, 11) is 0. The normalized spacial score (nSPS) is 23.7. The van der Waals surface area contributed by atoms with Crippen molar-refractivity contribution in [1.82, 2.24) is 5.32 Å². The van der Waals surface area contributed by atoms with E-state index in [0.29, 0.717) is 6.10 Å². The summed E-state index contributed by atoms with van der Waals surface area (Å²) in [5.74, 6) is 0. The van der Waals surface area contributed by atoms with Crippen molar-refractivity contribution in [3.8, 4) is 0 Å². The lowest BCUT2D eigenvalue weighted by Crippen LogP contribution is -2.16. The molecular weight excluding hydrogens is 126 g/mol. The second-order valence-electron chi connectivity index (χ2n) is 2.07. The van der Waals surface area contributed by atoms with Crippen molar-refractivity contribution in [2.75, 3.05) is 19.7 Å². The Bertz CT molecular complexity index is 60.3. The van der Waals surface area contributed by atoms with Crippen LogP contribution in [-0.4, -0.2) is 25.8 Å². The highest BCUT2D eigenvalue weighted by Crippen LogP contribution is 2.01. The summed E-state index contributed by atoms with van der Waals surface area (Å²) in [6, 6.07) is 0. The van der Waals surface area contributed by atoms with Gasteiger partial charge in [-0.1, -0.05) is 13.8 Å². The Morgan fingerprint density at radius 2 is 2.20 bits per heavy atom. The molecule has 1 fully saturated rings. The third-order valence-electron chi connectivity index (χ3n) is 1.42. The third-order valence-corrected chi connectivity index (χ3v) is 1.42. The lowest BCUT2D eigenvalue weighted by atomic mass is 10.3. The molecule has 0 spiro atoms. The Kier molecular flexibility index (Phi) is 6.98. The number of rotatable bonds is 2. The Morgan fingerprint density at radius 1 is 1.50 bits per heavy atom. The summed E-state index contributed by atoms with van der Waals surface area (Å²) in [4.78, 5) is 0. The van der Waals surface area contributed by atoms with E-state index in [0.717, 1.165) is 19.7 Å². The number of hydrogen-bond acceptors (Lipinski definition) is 2. The van der Waals surface area contributed by atoms with Crippen LogP contribution in [0.1, 0.15) is 27.2 Å². The van der Waals surface area contributed by atoms with Crippen molar-refractivity contribution in [3.05, 3.63) is 0 Å². The minimum Gasteiger partial charge on any atom is -0.377 e. The van der Waals surface area contributed by atoms with E-state index < -0.39 is 0 Å². The average Bonchev–Trinajstić information content (AvgIpc) is 2.46. The molecule has 1 saturated heterocycles. The van der Waals surface area contributed by atoms with Crippen LogP contribution >= 0.6 is 0 Å². The van der Waals surface area contributed by atoms with E-state index in [1.54, 1.807) is 0 Å². The van der Waals surface area contributed by atoms with Crippen LogP contribution in [0, 0.1) is 0 Å². The SMILES string of the molecule is CC.CCO[C@H]1CCNC1. The van der Waals surface area contributed by atoms with Gasteiger partial charge in [0.05, 0.1) is 6.10 Å². The van der Waals surface area contributed by atoms with Gasteiger partial charge in [0.15, 0.2) is 0 Å². The van der Waals surface area contributed by atoms with Crippen LogP contribution in [0.4, 0.5) is 0 Å². The molecule has 0 radical (unpaired) electrons. The van der Waals surface area contributed by atoms with Gasteiger partial charge < -0.3 is 10.1 Å². The fraction of sp³-hybridized carbons (Fsp3) is 1.00. The number of ether oxygens (including phenoxy) is 1. The van der Waals surface area contributed by atoms with E-state index >= 15 is 0 Å². The average molecular weight is 145 g/mol. The molecule has 0 aromatic rings. The van der Waals surface area contributed by atoms with Crippen LogP contribution in [0.5, 0.6) is 0 Å². The van der Waals surface area contributed by atoms with Crippen molar-refractivity contribution in [3.63, 3.8) is 0 Å². The standard InChI is InChI=1S/C6H13NO.C2H6/c1-2-8-6-3-4-7-5-6;1-2/h6-7H,2-5H2,1H3;1-2H3/t6-;/m0./s1. The first-order valence-corrected chi connectivity index (χ1v) is 4.26. The Morgan fingerprint density at radius 3 is 2.60 bits per heavy atom. The first-order chi connectivity index (χ1) is 4.93. The lowest BCUT2D eigenvalue weighted by Gasteiger charge is -2.05. The Balaban J connectivity index is 0.000000371. The molecule has 1 rings (SSSR count). The molecule has 0 bridgehead atoms. The summed E-state index contributed by atoms with van der Waals surface area (Å²) in [5.41, 5.74) is 0. The van der Waals surface area contributed by atoms with Gasteiger partial charge in [-0.15, -0.1) is 0 Å². The summed E-state index contributed by atoms with van der Waals surface area (Å²) in [6.45, 7) is 9.07. The zero-order valence-corrected chi connectivity index (χ0v) is 7.31. The highest BCUT2D eigenvalue weighted by atomic mass is 16.5. The van der Waals surface area contributed by atoms with Crippen molar-refractivity contribution in [1.29, 1.82) is 0 Å². The first kappa shape index (κ1) is 9.92. The van der Waals surface area contributed by atoms with E-state index in [4.69, 9.17) is 4.74 Å². The summed E-state index contributed by atoms with van der Waals surface area (Å²) in [5, 5.41) is 3.23. The molecule has 2 nitrogen and oxygen atoms in total. The predicted molar refractivity (Wildman–Crippen MR) is 44.2 cm³/mol. The van der Waals surface area contributed by atoms with Gasteiger partial charge in [-0.3, -0.25) is 0 Å². The molecule has 0 aromatic heterocycles. The molecule has 62 valence electrons. The summed E-state index contributed by atoms with van der Waals surface area (Å²) < 4.78 is 5.34. The fourth-order valence-corrected chi connectivity index (χ4v) is 1.01. The van der Waals surface area contributed by atoms with Gasteiger partial charge in [0.2, 0.25) is 0 Å². The molecule has 0 amide bonds. The number of nitrogens with one attached hydrogen (secondary N) is 1. The van der Waals surface area contributed by atoms with Crippen LogP contribution in [-0.2, 0) is 4.74 Å². The predicted octanol–water partition coefficient (Wildman–Crippen LogP) is 1.41. The van der Waals surface area contributed by atoms with E-state index in [9.17, 15) is 0 Å². The van der Waals surface area contributed by atoms with Crippen LogP contribution in [0.15, 0.2) is 0 Å². The van der Waals surface area contributed by atoms with Gasteiger partial charge in [-0.05, 0) is 19.9 Å². The van der Waals surface area contributed by atoms with E-state index in [1.165, 1.54) is 6.42 Å². The molecule has 1 aliphatic heterocycles. The highest BCUT2D eigenvalue weighted by molar-refractivity contribution is 4.70. The maximum atomic E-state index is 5.34. The molecule has 0 unspecified atom stereocenters. The molecule has 10 heavy (non-hydrogen) atoms. The smallest absolute Gasteiger partial charge is 0.0711 e. The molecule has 0 aliphatic carbocycles. The second kappa shape index (κ2) is 7.03. The zero-order chi connectivity index (χ0) is 7.82. The molecule has 1 aliphatic rings. The maximum absolute atomic E-state index is 5.34. The zero-order valence-electron chi connectivity index (χ0n) is 7.31. The second-order valence-corrected chi connectivity index (χ2v) is 2.07. The van der Waals surface area contributed by atoms with Gasteiger partial charge >= 0.3 is 0 Å². The fourth-order valence-electron chi connectivity index (χ4n) is 1.01. The number of hydrogen-bond donors (Lipinski definition) is 1. The van der Waals surface area contributed by atoms with Crippen molar-refractivity contribution >= 4 is 0 Å². The maximum Gasteiger partial charge on any atom is 0.0711 e. The van der Waals surface area contributed by atoms with E-state index in [1.807, 2.05) is 20.8 Å². The molecule has 0 aromatic carbocycles. The minimum absolute atomic E-state index is 0.500. The highest BCUT2D eigenvalue weighted by Gasteiger charge is 2.12. The van der Waals surface area contributed by atoms with Crippen LogP contribution in [0.3, 0.4) is 0 Å². The molecule has 0 saturated carbocycles. The molecule has 1 atom stereocenters. The summed E-state index contributed by atoms with van der Waals surface area (Å²) in [6.07, 6.45) is 1.69. The van der Waals surface area contributed by atoms with Gasteiger partial charge in [-0.2, -0.15) is 0 Å².